The van der Waals surface area contributed by atoms with Crippen LogP contribution in [0, 0.1) is 11.8 Å². The summed E-state index contributed by atoms with van der Waals surface area (Å²) in [5.41, 5.74) is 0.166. The molecule has 0 aromatic carbocycles. The van der Waals surface area contributed by atoms with Crippen molar-refractivity contribution >= 4 is 23.4 Å². The van der Waals surface area contributed by atoms with Gasteiger partial charge in [-0.2, -0.15) is 0 Å². The molecule has 2 aliphatic rings. The fraction of sp³-hybridized carbons (Fsp3) is 0.538. The molecule has 6 heteroatoms. The highest BCUT2D eigenvalue weighted by Crippen LogP contribution is 2.40. The summed E-state index contributed by atoms with van der Waals surface area (Å²) < 4.78 is 0. The number of carboxylic acids is 1. The first-order valence-corrected chi connectivity index (χ1v) is 6.77. The maximum Gasteiger partial charge on any atom is 0.339 e. The van der Waals surface area contributed by atoms with Gasteiger partial charge in [-0.15, -0.1) is 0 Å². The van der Waals surface area contributed by atoms with Crippen LogP contribution in [0.4, 0.5) is 5.82 Å². The monoisotopic (exact) mass is 282 g/mol. The third-order valence-electron chi connectivity index (χ3n) is 4.19. The van der Waals surface area contributed by atoms with E-state index >= 15 is 0 Å². The number of rotatable bonds is 2. The molecule has 0 bridgehead atoms. The lowest BCUT2D eigenvalue weighted by molar-refractivity contribution is 0.0697. The predicted octanol–water partition coefficient (Wildman–Crippen LogP) is 1.64. The maximum atomic E-state index is 11.2. The topological polar surface area (TPSA) is 73.7 Å². The van der Waals surface area contributed by atoms with Crippen molar-refractivity contribution in [2.24, 2.45) is 11.8 Å². The highest BCUT2D eigenvalue weighted by Gasteiger charge is 2.42. The molecule has 0 amide bonds. The minimum Gasteiger partial charge on any atom is -0.478 e. The fourth-order valence-electron chi connectivity index (χ4n) is 3.24. The van der Waals surface area contributed by atoms with Crippen LogP contribution < -0.4 is 4.90 Å². The van der Waals surface area contributed by atoms with Crippen molar-refractivity contribution in [3.63, 3.8) is 0 Å². The molecule has 102 valence electrons. The second-order valence-electron chi connectivity index (χ2n) is 5.28. The van der Waals surface area contributed by atoms with Gasteiger partial charge in [-0.25, -0.2) is 9.78 Å². The van der Waals surface area contributed by atoms with Crippen LogP contribution >= 0.6 is 11.6 Å². The van der Waals surface area contributed by atoms with Crippen LogP contribution in [-0.2, 0) is 0 Å². The third-order valence-corrected chi connectivity index (χ3v) is 4.40. The molecule has 1 aromatic heterocycles. The van der Waals surface area contributed by atoms with Gasteiger partial charge in [-0.1, -0.05) is 11.6 Å². The van der Waals surface area contributed by atoms with Crippen molar-refractivity contribution in [2.45, 2.75) is 18.9 Å². The summed E-state index contributed by atoms with van der Waals surface area (Å²) >= 11 is 5.87. The Labute approximate surface area is 115 Å². The van der Waals surface area contributed by atoms with Crippen molar-refractivity contribution in [1.82, 2.24) is 4.98 Å². The number of aliphatic hydroxyl groups is 1. The summed E-state index contributed by atoms with van der Waals surface area (Å²) in [5.74, 6) is 0.0678. The molecule has 1 aliphatic carbocycles. The number of pyridine rings is 1. The lowest BCUT2D eigenvalue weighted by Gasteiger charge is -2.21. The molecule has 3 rings (SSSR count). The summed E-state index contributed by atoms with van der Waals surface area (Å²) in [6, 6.07) is 2.97. The van der Waals surface area contributed by atoms with E-state index < -0.39 is 5.97 Å². The van der Waals surface area contributed by atoms with Gasteiger partial charge >= 0.3 is 5.97 Å². The highest BCUT2D eigenvalue weighted by atomic mass is 35.5. The summed E-state index contributed by atoms with van der Waals surface area (Å²) in [7, 11) is 0. The molecule has 1 saturated heterocycles. The fourth-order valence-corrected chi connectivity index (χ4v) is 3.39. The van der Waals surface area contributed by atoms with Gasteiger partial charge < -0.3 is 15.1 Å². The van der Waals surface area contributed by atoms with Gasteiger partial charge in [0.15, 0.2) is 0 Å². The van der Waals surface area contributed by atoms with Crippen molar-refractivity contribution < 1.29 is 15.0 Å². The quantitative estimate of drug-likeness (QED) is 0.807. The van der Waals surface area contributed by atoms with Crippen LogP contribution in [0.5, 0.6) is 0 Å². The van der Waals surface area contributed by atoms with Crippen LogP contribution in [0.1, 0.15) is 23.2 Å². The van der Waals surface area contributed by atoms with E-state index in [0.717, 1.165) is 19.4 Å². The molecule has 3 unspecified atom stereocenters. The van der Waals surface area contributed by atoms with Crippen LogP contribution in [0.25, 0.3) is 0 Å². The third kappa shape index (κ3) is 2.17. The molecule has 3 atom stereocenters. The smallest absolute Gasteiger partial charge is 0.339 e. The second-order valence-corrected chi connectivity index (χ2v) is 5.67. The average molecular weight is 283 g/mol. The summed E-state index contributed by atoms with van der Waals surface area (Å²) in [6.07, 6.45) is 1.56. The average Bonchev–Trinajstić information content (AvgIpc) is 2.91. The van der Waals surface area contributed by atoms with E-state index in [2.05, 4.69) is 4.98 Å². The number of carboxylic acid groups (broad SMARTS) is 1. The Kier molecular flexibility index (Phi) is 3.11. The number of hydrogen-bond acceptors (Lipinski definition) is 4. The van der Waals surface area contributed by atoms with Gasteiger partial charge in [0, 0.05) is 19.0 Å². The minimum absolute atomic E-state index is 0.166. The van der Waals surface area contributed by atoms with Crippen molar-refractivity contribution in [1.29, 1.82) is 0 Å². The van der Waals surface area contributed by atoms with E-state index in [1.807, 2.05) is 4.90 Å². The van der Waals surface area contributed by atoms with Crippen molar-refractivity contribution in [3.8, 4) is 0 Å². The summed E-state index contributed by atoms with van der Waals surface area (Å²) in [6.45, 7) is 1.40. The van der Waals surface area contributed by atoms with Crippen LogP contribution in [0.3, 0.4) is 0 Å². The molecule has 0 spiro atoms. The number of aromatic carboxylic acids is 1. The van der Waals surface area contributed by atoms with Gasteiger partial charge in [0.2, 0.25) is 0 Å². The number of halogens is 1. The summed E-state index contributed by atoms with van der Waals surface area (Å²) in [4.78, 5) is 17.3. The number of anilines is 1. The molecule has 5 nitrogen and oxygen atoms in total. The Balaban J connectivity index is 1.91. The number of fused-ring (bicyclic) bond motifs is 1. The molecule has 1 aromatic rings. The predicted molar refractivity (Wildman–Crippen MR) is 70.6 cm³/mol. The van der Waals surface area contributed by atoms with Crippen LogP contribution in [0.15, 0.2) is 12.1 Å². The maximum absolute atomic E-state index is 11.2. The first kappa shape index (κ1) is 12.7. The zero-order valence-electron chi connectivity index (χ0n) is 10.3. The van der Waals surface area contributed by atoms with Crippen LogP contribution in [0.2, 0.25) is 5.15 Å². The first-order valence-electron chi connectivity index (χ1n) is 6.39. The highest BCUT2D eigenvalue weighted by molar-refractivity contribution is 6.29. The minimum atomic E-state index is -1.00. The molecule has 2 fully saturated rings. The number of carbonyl (C=O) groups is 1. The number of hydrogen-bond donors (Lipinski definition) is 2. The van der Waals surface area contributed by atoms with Gasteiger partial charge in [0.25, 0.3) is 0 Å². The molecule has 2 N–H and O–H groups in total. The molecule has 0 radical (unpaired) electrons. The van der Waals surface area contributed by atoms with Crippen molar-refractivity contribution in [3.05, 3.63) is 22.8 Å². The van der Waals surface area contributed by atoms with E-state index in [0.29, 0.717) is 18.3 Å². The number of nitrogens with zero attached hydrogens (tertiary/aromatic N) is 2. The number of aromatic nitrogens is 1. The molecule has 1 saturated carbocycles. The lowest BCUT2D eigenvalue weighted by Crippen LogP contribution is -2.26. The van der Waals surface area contributed by atoms with Gasteiger partial charge in [-0.05, 0) is 30.9 Å². The molecule has 2 heterocycles. The number of aliphatic hydroxyl groups excluding tert-OH is 1. The zero-order chi connectivity index (χ0) is 13.6. The summed E-state index contributed by atoms with van der Waals surface area (Å²) in [5, 5.41) is 19.4. The lowest BCUT2D eigenvalue weighted by atomic mass is 10.00. The Morgan fingerprint density at radius 3 is 2.84 bits per heavy atom. The SMILES string of the molecule is O=C(O)c1ccc(Cl)nc1N1CC2CCC(O)C2C1. The molecule has 19 heavy (non-hydrogen) atoms. The van der Waals surface area contributed by atoms with Gasteiger partial charge in [0.05, 0.1) is 6.10 Å². The van der Waals surface area contributed by atoms with E-state index in [1.165, 1.54) is 12.1 Å². The molecular weight excluding hydrogens is 268 g/mol. The molecular formula is C13H15ClN2O3. The largest absolute Gasteiger partial charge is 0.478 e. The standard InChI is InChI=1S/C13H15ClN2O3/c14-11-4-2-8(13(18)19)12(15-11)16-5-7-1-3-10(17)9(7)6-16/h2,4,7,9-10,17H,1,3,5-6H2,(H,18,19). The normalized spacial score (nSPS) is 29.6. The van der Waals surface area contributed by atoms with E-state index in [-0.39, 0.29) is 22.7 Å². The van der Waals surface area contributed by atoms with E-state index in [1.54, 1.807) is 0 Å². The van der Waals surface area contributed by atoms with E-state index in [4.69, 9.17) is 11.6 Å². The second kappa shape index (κ2) is 4.65. The van der Waals surface area contributed by atoms with E-state index in [9.17, 15) is 15.0 Å². The Bertz CT molecular complexity index is 523. The van der Waals surface area contributed by atoms with Crippen LogP contribution in [-0.4, -0.2) is 40.4 Å². The zero-order valence-corrected chi connectivity index (χ0v) is 11.0. The first-order chi connectivity index (χ1) is 9.06. The Morgan fingerprint density at radius 2 is 2.16 bits per heavy atom. The molecule has 1 aliphatic heterocycles. The van der Waals surface area contributed by atoms with Crippen molar-refractivity contribution in [2.75, 3.05) is 18.0 Å². The Hall–Kier alpha value is -1.33. The van der Waals surface area contributed by atoms with Gasteiger partial charge in [0.1, 0.15) is 16.5 Å². The van der Waals surface area contributed by atoms with Gasteiger partial charge in [-0.3, -0.25) is 0 Å². The Morgan fingerprint density at radius 1 is 1.37 bits per heavy atom.